The topological polar surface area (TPSA) is 83.3 Å². The highest BCUT2D eigenvalue weighted by Crippen LogP contribution is 2.26. The van der Waals surface area contributed by atoms with Gasteiger partial charge in [-0.1, -0.05) is 36.4 Å². The number of aromatic nitrogens is 3. The zero-order valence-electron chi connectivity index (χ0n) is 16.2. The molecule has 0 radical (unpaired) electrons. The van der Waals surface area contributed by atoms with Crippen molar-refractivity contribution in [3.8, 4) is 0 Å². The van der Waals surface area contributed by atoms with Gasteiger partial charge in [-0.3, -0.25) is 19.4 Å². The van der Waals surface area contributed by atoms with Crippen LogP contribution in [0.1, 0.15) is 30.1 Å². The predicted octanol–water partition coefficient (Wildman–Crippen LogP) is 2.46. The Morgan fingerprint density at radius 3 is 2.62 bits per heavy atom. The Bertz CT molecular complexity index is 921. The normalized spacial score (nSPS) is 16.4. The first-order valence-electron chi connectivity index (χ1n) is 9.89. The van der Waals surface area contributed by atoms with Crippen molar-refractivity contribution in [2.75, 3.05) is 18.4 Å². The summed E-state index contributed by atoms with van der Waals surface area (Å²) >= 11 is 0. The van der Waals surface area contributed by atoms with E-state index in [1.54, 1.807) is 17.1 Å². The average Bonchev–Trinajstić information content (AvgIpc) is 3.18. The van der Waals surface area contributed by atoms with Gasteiger partial charge < -0.3 is 10.4 Å². The Hall–Kier alpha value is -3.03. The van der Waals surface area contributed by atoms with Gasteiger partial charge in [0.15, 0.2) is 0 Å². The van der Waals surface area contributed by atoms with Crippen molar-refractivity contribution < 1.29 is 9.90 Å². The number of aliphatic hydroxyl groups is 1. The van der Waals surface area contributed by atoms with Gasteiger partial charge in [0, 0.05) is 25.5 Å². The molecule has 29 heavy (non-hydrogen) atoms. The highest BCUT2D eigenvalue weighted by molar-refractivity contribution is 5.95. The molecule has 3 aromatic rings. The average molecular weight is 391 g/mol. The molecule has 150 valence electrons. The molecule has 0 saturated carbocycles. The summed E-state index contributed by atoms with van der Waals surface area (Å²) in [5.74, 6) is -0.0926. The largest absolute Gasteiger partial charge is 0.393 e. The summed E-state index contributed by atoms with van der Waals surface area (Å²) in [6.45, 7) is 1.92. The van der Waals surface area contributed by atoms with Crippen molar-refractivity contribution in [1.82, 2.24) is 19.7 Å². The number of pyridine rings is 1. The first-order chi connectivity index (χ1) is 14.2. The third-order valence-electron chi connectivity index (χ3n) is 5.18. The first kappa shape index (κ1) is 19.3. The lowest BCUT2D eigenvalue weighted by Gasteiger charge is -2.35. The van der Waals surface area contributed by atoms with Gasteiger partial charge in [-0.2, -0.15) is 5.10 Å². The molecule has 0 bridgehead atoms. The number of benzene rings is 1. The molecule has 1 saturated heterocycles. The van der Waals surface area contributed by atoms with Gasteiger partial charge in [0.1, 0.15) is 6.04 Å². The monoisotopic (exact) mass is 391 g/mol. The molecule has 1 fully saturated rings. The Morgan fingerprint density at radius 1 is 1.14 bits per heavy atom. The van der Waals surface area contributed by atoms with Crippen molar-refractivity contribution in [3.05, 3.63) is 78.4 Å². The van der Waals surface area contributed by atoms with E-state index in [2.05, 4.69) is 20.3 Å². The maximum Gasteiger partial charge on any atom is 0.246 e. The lowest BCUT2D eigenvalue weighted by Crippen LogP contribution is -2.43. The predicted molar refractivity (Wildman–Crippen MR) is 110 cm³/mol. The Labute approximate surface area is 170 Å². The maximum absolute atomic E-state index is 13.2. The quantitative estimate of drug-likeness (QED) is 0.674. The standard InChI is InChI=1S/C22H25N5O2/c28-20-9-12-26(13-10-20)21(17-6-2-1-3-7-17)22(29)25-19-14-24-27(16-19)15-18-8-4-5-11-23-18/h1-8,11,14,16,20-21,28H,9-10,12-13,15H2,(H,25,29). The fraction of sp³-hybridized carbons (Fsp3) is 0.318. The molecule has 2 N–H and O–H groups in total. The van der Waals surface area contributed by atoms with Crippen LogP contribution in [-0.2, 0) is 11.3 Å². The molecule has 1 aliphatic rings. The van der Waals surface area contributed by atoms with Crippen LogP contribution in [0.2, 0.25) is 0 Å². The molecule has 1 aromatic carbocycles. The molecule has 1 unspecified atom stereocenters. The minimum atomic E-state index is -0.400. The van der Waals surface area contributed by atoms with Gasteiger partial charge in [0.2, 0.25) is 5.91 Å². The van der Waals surface area contributed by atoms with Gasteiger partial charge in [-0.15, -0.1) is 0 Å². The van der Waals surface area contributed by atoms with Gasteiger partial charge in [-0.25, -0.2) is 0 Å². The van der Waals surface area contributed by atoms with Gasteiger partial charge in [-0.05, 0) is 30.5 Å². The smallest absolute Gasteiger partial charge is 0.246 e. The molecule has 1 amide bonds. The van der Waals surface area contributed by atoms with E-state index < -0.39 is 6.04 Å². The molecule has 7 nitrogen and oxygen atoms in total. The Morgan fingerprint density at radius 2 is 1.90 bits per heavy atom. The number of carbonyl (C=O) groups excluding carboxylic acids is 1. The number of likely N-dealkylation sites (tertiary alicyclic amines) is 1. The lowest BCUT2D eigenvalue weighted by molar-refractivity contribution is -0.122. The van der Waals surface area contributed by atoms with Crippen LogP contribution >= 0.6 is 0 Å². The number of nitrogens with zero attached hydrogens (tertiary/aromatic N) is 4. The van der Waals surface area contributed by atoms with Crippen LogP contribution in [0.15, 0.2) is 67.1 Å². The van der Waals surface area contributed by atoms with E-state index in [4.69, 9.17) is 0 Å². The van der Waals surface area contributed by atoms with Crippen LogP contribution < -0.4 is 5.32 Å². The number of anilines is 1. The summed E-state index contributed by atoms with van der Waals surface area (Å²) in [5, 5.41) is 17.2. The van der Waals surface area contributed by atoms with Crippen LogP contribution in [0.25, 0.3) is 0 Å². The SMILES string of the molecule is O=C(Nc1cnn(Cc2ccccn2)c1)C(c1ccccc1)N1CCC(O)CC1. The molecule has 7 heteroatoms. The van der Waals surface area contributed by atoms with Gasteiger partial charge in [0.25, 0.3) is 0 Å². The number of nitrogens with one attached hydrogen (secondary N) is 1. The minimum absolute atomic E-state index is 0.0926. The fourth-order valence-corrected chi connectivity index (χ4v) is 3.69. The van der Waals surface area contributed by atoms with Crippen molar-refractivity contribution in [3.63, 3.8) is 0 Å². The summed E-state index contributed by atoms with van der Waals surface area (Å²) in [5.41, 5.74) is 2.51. The molecule has 3 heterocycles. The summed E-state index contributed by atoms with van der Waals surface area (Å²) in [4.78, 5) is 19.6. The van der Waals surface area contributed by atoms with Crippen molar-refractivity contribution in [1.29, 1.82) is 0 Å². The third-order valence-corrected chi connectivity index (χ3v) is 5.18. The molecular weight excluding hydrogens is 366 g/mol. The minimum Gasteiger partial charge on any atom is -0.393 e. The van der Waals surface area contributed by atoms with Crippen molar-refractivity contribution in [2.45, 2.75) is 31.5 Å². The summed E-state index contributed by atoms with van der Waals surface area (Å²) < 4.78 is 1.76. The molecule has 0 aliphatic carbocycles. The van der Waals surface area contributed by atoms with E-state index in [0.29, 0.717) is 38.2 Å². The number of hydrogen-bond acceptors (Lipinski definition) is 5. The van der Waals surface area contributed by atoms with Crippen LogP contribution in [-0.4, -0.2) is 49.9 Å². The van der Waals surface area contributed by atoms with E-state index in [9.17, 15) is 9.90 Å². The van der Waals surface area contributed by atoms with Gasteiger partial charge >= 0.3 is 0 Å². The van der Waals surface area contributed by atoms with Crippen LogP contribution in [0, 0.1) is 0 Å². The van der Waals surface area contributed by atoms with E-state index in [-0.39, 0.29) is 12.0 Å². The summed E-state index contributed by atoms with van der Waals surface area (Å²) in [6, 6.07) is 15.1. The number of rotatable bonds is 6. The highest BCUT2D eigenvalue weighted by Gasteiger charge is 2.30. The molecule has 1 atom stereocenters. The summed E-state index contributed by atoms with van der Waals surface area (Å²) in [7, 11) is 0. The van der Waals surface area contributed by atoms with E-state index in [1.165, 1.54) is 0 Å². The number of piperidine rings is 1. The number of hydrogen-bond donors (Lipinski definition) is 2. The lowest BCUT2D eigenvalue weighted by atomic mass is 10.00. The van der Waals surface area contributed by atoms with Crippen molar-refractivity contribution >= 4 is 11.6 Å². The zero-order chi connectivity index (χ0) is 20.1. The van der Waals surface area contributed by atoms with E-state index in [0.717, 1.165) is 11.3 Å². The zero-order valence-corrected chi connectivity index (χ0v) is 16.2. The Kier molecular flexibility index (Phi) is 5.97. The highest BCUT2D eigenvalue weighted by atomic mass is 16.3. The summed E-state index contributed by atoms with van der Waals surface area (Å²) in [6.07, 6.45) is 6.30. The fourth-order valence-electron chi connectivity index (χ4n) is 3.69. The van der Waals surface area contributed by atoms with Gasteiger partial charge in [0.05, 0.1) is 30.2 Å². The maximum atomic E-state index is 13.2. The number of carbonyl (C=O) groups is 1. The van der Waals surface area contributed by atoms with Crippen LogP contribution in [0.4, 0.5) is 5.69 Å². The second-order valence-electron chi connectivity index (χ2n) is 7.32. The first-order valence-corrected chi connectivity index (χ1v) is 9.89. The second kappa shape index (κ2) is 8.98. The third kappa shape index (κ3) is 4.88. The second-order valence-corrected chi connectivity index (χ2v) is 7.32. The van der Waals surface area contributed by atoms with E-state index in [1.807, 2.05) is 54.7 Å². The number of amides is 1. The number of aliphatic hydroxyl groups excluding tert-OH is 1. The molecule has 0 spiro atoms. The Balaban J connectivity index is 1.48. The van der Waals surface area contributed by atoms with Crippen LogP contribution in [0.3, 0.4) is 0 Å². The molecule has 1 aliphatic heterocycles. The van der Waals surface area contributed by atoms with Crippen LogP contribution in [0.5, 0.6) is 0 Å². The molecular formula is C22H25N5O2. The van der Waals surface area contributed by atoms with E-state index >= 15 is 0 Å². The molecule has 2 aromatic heterocycles. The van der Waals surface area contributed by atoms with Crippen molar-refractivity contribution in [2.24, 2.45) is 0 Å². The molecule has 4 rings (SSSR count).